The molecule has 2 aromatic rings. The van der Waals surface area contributed by atoms with Crippen LogP contribution in [0.3, 0.4) is 0 Å². The number of carbonyl (C=O) groups excluding carboxylic acids is 2. The topological polar surface area (TPSA) is 76.0 Å². The molecular weight excluding hydrogens is 304 g/mol. The number of benzene rings is 1. The van der Waals surface area contributed by atoms with E-state index in [0.29, 0.717) is 19.4 Å². The monoisotopic (exact) mass is 326 g/mol. The van der Waals surface area contributed by atoms with E-state index in [0.717, 1.165) is 22.8 Å². The molecule has 1 aliphatic rings. The van der Waals surface area contributed by atoms with Gasteiger partial charge in [0.25, 0.3) is 0 Å². The number of piperidine rings is 1. The van der Waals surface area contributed by atoms with E-state index in [1.807, 2.05) is 55.8 Å². The van der Waals surface area contributed by atoms with Crippen molar-refractivity contribution in [2.75, 3.05) is 11.9 Å². The summed E-state index contributed by atoms with van der Waals surface area (Å²) in [5, 5.41) is 10.2. The predicted octanol–water partition coefficient (Wildman–Crippen LogP) is 2.34. The summed E-state index contributed by atoms with van der Waals surface area (Å²) in [6, 6.07) is 9.62. The number of nitrogens with zero attached hydrogens (tertiary/aromatic N) is 2. The molecule has 126 valence electrons. The van der Waals surface area contributed by atoms with Gasteiger partial charge in [0.15, 0.2) is 0 Å². The summed E-state index contributed by atoms with van der Waals surface area (Å²) in [6.45, 7) is 6.23. The minimum Gasteiger partial charge on any atom is -0.355 e. The highest BCUT2D eigenvalue weighted by Crippen LogP contribution is 2.28. The van der Waals surface area contributed by atoms with Crippen molar-refractivity contribution in [3.8, 4) is 5.69 Å². The van der Waals surface area contributed by atoms with E-state index in [-0.39, 0.29) is 11.8 Å². The second kappa shape index (κ2) is 6.11. The van der Waals surface area contributed by atoms with E-state index >= 15 is 0 Å². The molecule has 0 saturated carbocycles. The van der Waals surface area contributed by atoms with Crippen molar-refractivity contribution in [2.24, 2.45) is 5.41 Å². The number of anilines is 1. The van der Waals surface area contributed by atoms with E-state index in [4.69, 9.17) is 0 Å². The van der Waals surface area contributed by atoms with Crippen LogP contribution in [-0.2, 0) is 9.59 Å². The van der Waals surface area contributed by atoms with Gasteiger partial charge in [-0.3, -0.25) is 9.59 Å². The second-order valence-electron chi connectivity index (χ2n) is 6.68. The Bertz CT molecular complexity index is 767. The third-order valence-corrected chi connectivity index (χ3v) is 4.51. The standard InChI is InChI=1S/C18H22N4O2/c1-12-10-13(2)22(21-12)15-6-4-14(5-7-15)20-17(24)18(3)9-8-16(23)19-11-18/h4-7,10H,8-9,11H2,1-3H3,(H,19,23)(H,20,24). The number of aryl methyl sites for hydroxylation is 2. The second-order valence-corrected chi connectivity index (χ2v) is 6.68. The smallest absolute Gasteiger partial charge is 0.232 e. The number of rotatable bonds is 3. The van der Waals surface area contributed by atoms with E-state index in [1.165, 1.54) is 0 Å². The SMILES string of the molecule is Cc1cc(C)n(-c2ccc(NC(=O)C3(C)CCC(=O)NC3)cc2)n1. The summed E-state index contributed by atoms with van der Waals surface area (Å²) in [7, 11) is 0. The van der Waals surface area contributed by atoms with Crippen molar-refractivity contribution in [1.82, 2.24) is 15.1 Å². The molecule has 6 nitrogen and oxygen atoms in total. The average Bonchev–Trinajstić information content (AvgIpc) is 2.89. The van der Waals surface area contributed by atoms with Gasteiger partial charge in [0.2, 0.25) is 11.8 Å². The minimum atomic E-state index is -0.567. The average molecular weight is 326 g/mol. The third kappa shape index (κ3) is 3.18. The maximum absolute atomic E-state index is 12.5. The Kier molecular flexibility index (Phi) is 4.13. The van der Waals surface area contributed by atoms with Crippen LogP contribution >= 0.6 is 0 Å². The van der Waals surface area contributed by atoms with Crippen LogP contribution in [0, 0.1) is 19.3 Å². The lowest BCUT2D eigenvalue weighted by Crippen LogP contribution is -2.48. The Labute approximate surface area is 141 Å². The molecule has 24 heavy (non-hydrogen) atoms. The number of hydrogen-bond acceptors (Lipinski definition) is 3. The van der Waals surface area contributed by atoms with Crippen LogP contribution in [0.5, 0.6) is 0 Å². The van der Waals surface area contributed by atoms with Crippen molar-refractivity contribution in [3.63, 3.8) is 0 Å². The molecule has 1 atom stereocenters. The first-order valence-electron chi connectivity index (χ1n) is 8.09. The first-order chi connectivity index (χ1) is 11.4. The van der Waals surface area contributed by atoms with Gasteiger partial charge in [-0.2, -0.15) is 5.10 Å². The number of hydrogen-bond donors (Lipinski definition) is 2. The molecule has 0 spiro atoms. The fraction of sp³-hybridized carbons (Fsp3) is 0.389. The predicted molar refractivity (Wildman–Crippen MR) is 92.0 cm³/mol. The Hall–Kier alpha value is -2.63. The molecule has 1 fully saturated rings. The molecule has 2 amide bonds. The van der Waals surface area contributed by atoms with Crippen LogP contribution in [0.4, 0.5) is 5.69 Å². The van der Waals surface area contributed by atoms with E-state index in [1.54, 1.807) is 0 Å². The summed E-state index contributed by atoms with van der Waals surface area (Å²) >= 11 is 0. The summed E-state index contributed by atoms with van der Waals surface area (Å²) in [4.78, 5) is 23.8. The van der Waals surface area contributed by atoms with Gasteiger partial charge in [-0.1, -0.05) is 0 Å². The summed E-state index contributed by atoms with van der Waals surface area (Å²) < 4.78 is 1.87. The van der Waals surface area contributed by atoms with Crippen molar-refractivity contribution >= 4 is 17.5 Å². The third-order valence-electron chi connectivity index (χ3n) is 4.51. The van der Waals surface area contributed by atoms with Crippen molar-refractivity contribution in [2.45, 2.75) is 33.6 Å². The first-order valence-corrected chi connectivity index (χ1v) is 8.09. The Morgan fingerprint density at radius 3 is 2.54 bits per heavy atom. The van der Waals surface area contributed by atoms with Crippen LogP contribution in [0.15, 0.2) is 30.3 Å². The van der Waals surface area contributed by atoms with Crippen LogP contribution in [0.2, 0.25) is 0 Å². The van der Waals surface area contributed by atoms with Gasteiger partial charge in [-0.05, 0) is 57.5 Å². The van der Waals surface area contributed by atoms with Gasteiger partial charge in [-0.15, -0.1) is 0 Å². The maximum Gasteiger partial charge on any atom is 0.232 e. The van der Waals surface area contributed by atoms with Gasteiger partial charge < -0.3 is 10.6 Å². The lowest BCUT2D eigenvalue weighted by atomic mass is 9.81. The fourth-order valence-electron chi connectivity index (χ4n) is 2.91. The Morgan fingerprint density at radius 2 is 2.00 bits per heavy atom. The normalized spacial score (nSPS) is 20.5. The maximum atomic E-state index is 12.5. The summed E-state index contributed by atoms with van der Waals surface area (Å²) in [5.41, 5.74) is 3.16. The molecule has 2 heterocycles. The zero-order valence-corrected chi connectivity index (χ0v) is 14.2. The lowest BCUT2D eigenvalue weighted by Gasteiger charge is -2.32. The highest BCUT2D eigenvalue weighted by molar-refractivity contribution is 5.96. The largest absolute Gasteiger partial charge is 0.355 e. The van der Waals surface area contributed by atoms with Crippen LogP contribution in [0.25, 0.3) is 5.69 Å². The summed E-state index contributed by atoms with van der Waals surface area (Å²) in [6.07, 6.45) is 0.954. The first kappa shape index (κ1) is 16.2. The molecule has 0 radical (unpaired) electrons. The molecule has 1 saturated heterocycles. The van der Waals surface area contributed by atoms with Crippen molar-refractivity contribution in [1.29, 1.82) is 0 Å². The van der Waals surface area contributed by atoms with Crippen molar-refractivity contribution in [3.05, 3.63) is 41.7 Å². The molecule has 0 bridgehead atoms. The molecule has 2 N–H and O–H groups in total. The molecule has 1 aromatic carbocycles. The zero-order chi connectivity index (χ0) is 17.3. The fourth-order valence-corrected chi connectivity index (χ4v) is 2.91. The van der Waals surface area contributed by atoms with Crippen molar-refractivity contribution < 1.29 is 9.59 Å². The van der Waals surface area contributed by atoms with Gasteiger partial charge >= 0.3 is 0 Å². The van der Waals surface area contributed by atoms with Gasteiger partial charge in [0.05, 0.1) is 16.8 Å². The lowest BCUT2D eigenvalue weighted by molar-refractivity contribution is -0.130. The number of aromatic nitrogens is 2. The molecule has 0 aliphatic carbocycles. The van der Waals surface area contributed by atoms with Crippen LogP contribution in [0.1, 0.15) is 31.2 Å². The molecular formula is C18H22N4O2. The van der Waals surface area contributed by atoms with Gasteiger partial charge in [-0.25, -0.2) is 4.68 Å². The van der Waals surface area contributed by atoms with Crippen LogP contribution in [-0.4, -0.2) is 28.1 Å². The molecule has 1 aliphatic heterocycles. The Balaban J connectivity index is 1.71. The molecule has 1 unspecified atom stereocenters. The Morgan fingerprint density at radius 1 is 1.29 bits per heavy atom. The molecule has 3 rings (SSSR count). The van der Waals surface area contributed by atoms with E-state index in [2.05, 4.69) is 15.7 Å². The van der Waals surface area contributed by atoms with Gasteiger partial charge in [0, 0.05) is 24.3 Å². The van der Waals surface area contributed by atoms with Crippen LogP contribution < -0.4 is 10.6 Å². The molecule has 6 heteroatoms. The minimum absolute atomic E-state index is 0.00881. The highest BCUT2D eigenvalue weighted by Gasteiger charge is 2.37. The van der Waals surface area contributed by atoms with Gasteiger partial charge in [0.1, 0.15) is 0 Å². The summed E-state index contributed by atoms with van der Waals surface area (Å²) in [5.74, 6) is -0.0594. The molecule has 1 aromatic heterocycles. The quantitative estimate of drug-likeness (QED) is 0.909. The van der Waals surface area contributed by atoms with E-state index in [9.17, 15) is 9.59 Å². The number of carbonyl (C=O) groups is 2. The number of nitrogens with one attached hydrogen (secondary N) is 2. The number of amides is 2. The van der Waals surface area contributed by atoms with E-state index < -0.39 is 5.41 Å². The highest BCUT2D eigenvalue weighted by atomic mass is 16.2. The zero-order valence-electron chi connectivity index (χ0n) is 14.2.